The van der Waals surface area contributed by atoms with E-state index in [0.717, 1.165) is 25.6 Å². The Morgan fingerprint density at radius 1 is 1.42 bits per heavy atom. The highest BCUT2D eigenvalue weighted by atomic mass is 32.2. The summed E-state index contributed by atoms with van der Waals surface area (Å²) in [6, 6.07) is 10.6. The predicted octanol–water partition coefficient (Wildman–Crippen LogP) is 2.24. The van der Waals surface area contributed by atoms with Gasteiger partial charge >= 0.3 is 0 Å². The molecule has 104 valence electrons. The van der Waals surface area contributed by atoms with Crippen LogP contribution in [0.5, 0.6) is 0 Å². The Morgan fingerprint density at radius 3 is 2.95 bits per heavy atom. The van der Waals surface area contributed by atoms with E-state index in [1.165, 1.54) is 17.1 Å². The Kier molecular flexibility index (Phi) is 5.73. The van der Waals surface area contributed by atoms with Crippen molar-refractivity contribution in [1.29, 1.82) is 0 Å². The van der Waals surface area contributed by atoms with E-state index < -0.39 is 0 Å². The molecule has 19 heavy (non-hydrogen) atoms. The molecule has 1 aliphatic rings. The Bertz CT molecular complexity index is 396. The van der Waals surface area contributed by atoms with Crippen LogP contribution >= 0.6 is 11.8 Å². The van der Waals surface area contributed by atoms with Gasteiger partial charge in [-0.05, 0) is 31.0 Å². The van der Waals surface area contributed by atoms with E-state index in [2.05, 4.69) is 40.5 Å². The van der Waals surface area contributed by atoms with Crippen molar-refractivity contribution in [3.63, 3.8) is 0 Å². The van der Waals surface area contributed by atoms with E-state index in [9.17, 15) is 4.79 Å². The summed E-state index contributed by atoms with van der Waals surface area (Å²) in [5.41, 5.74) is 0. The number of carbonyl (C=O) groups is 1. The average molecular weight is 278 g/mol. The van der Waals surface area contributed by atoms with Crippen molar-refractivity contribution in [3.05, 3.63) is 30.3 Å². The monoisotopic (exact) mass is 278 g/mol. The second kappa shape index (κ2) is 7.56. The molecule has 1 unspecified atom stereocenters. The summed E-state index contributed by atoms with van der Waals surface area (Å²) >= 11 is 1.94. The third kappa shape index (κ3) is 4.88. The third-order valence-corrected chi connectivity index (χ3v) is 4.78. The van der Waals surface area contributed by atoms with E-state index in [4.69, 9.17) is 0 Å². The van der Waals surface area contributed by atoms with Crippen molar-refractivity contribution >= 4 is 17.7 Å². The van der Waals surface area contributed by atoms with Gasteiger partial charge in [-0.2, -0.15) is 0 Å². The highest BCUT2D eigenvalue weighted by Gasteiger charge is 2.22. The Morgan fingerprint density at radius 2 is 2.21 bits per heavy atom. The molecular weight excluding hydrogens is 256 g/mol. The first-order valence-electron chi connectivity index (χ1n) is 6.88. The molecular formula is C15H22N2OS. The summed E-state index contributed by atoms with van der Waals surface area (Å²) in [4.78, 5) is 15.0. The molecule has 2 rings (SSSR count). The molecule has 0 spiro atoms. The first kappa shape index (κ1) is 14.4. The summed E-state index contributed by atoms with van der Waals surface area (Å²) in [6.07, 6.45) is 1.88. The summed E-state index contributed by atoms with van der Waals surface area (Å²) in [6.45, 7) is 3.17. The molecule has 1 atom stereocenters. The Hall–Kier alpha value is -1.00. The molecule has 0 saturated carbocycles. The largest absolute Gasteiger partial charge is 0.359 e. The lowest BCUT2D eigenvalue weighted by molar-refractivity contribution is -0.120. The molecule has 1 aromatic carbocycles. The lowest BCUT2D eigenvalue weighted by Crippen LogP contribution is -2.28. The van der Waals surface area contributed by atoms with Crippen LogP contribution in [-0.4, -0.2) is 43.2 Å². The van der Waals surface area contributed by atoms with Gasteiger partial charge in [0.25, 0.3) is 0 Å². The molecule has 0 radical (unpaired) electrons. The maximum Gasteiger partial charge on any atom is 0.221 e. The minimum absolute atomic E-state index is 0.141. The molecule has 1 aromatic rings. The molecule has 1 N–H and O–H groups in total. The van der Waals surface area contributed by atoms with Gasteiger partial charge in [-0.3, -0.25) is 4.79 Å². The summed E-state index contributed by atoms with van der Waals surface area (Å²) in [7, 11) is 1.70. The van der Waals surface area contributed by atoms with Crippen LogP contribution in [0, 0.1) is 5.92 Å². The fraction of sp³-hybridized carbons (Fsp3) is 0.533. The number of rotatable bonds is 6. The fourth-order valence-electron chi connectivity index (χ4n) is 2.37. The van der Waals surface area contributed by atoms with E-state index in [1.807, 2.05) is 11.8 Å². The molecule has 4 heteroatoms. The lowest BCUT2D eigenvalue weighted by atomic mass is 10.2. The van der Waals surface area contributed by atoms with Crippen molar-refractivity contribution in [2.75, 3.05) is 32.4 Å². The van der Waals surface area contributed by atoms with Crippen molar-refractivity contribution in [2.45, 2.75) is 17.7 Å². The summed E-state index contributed by atoms with van der Waals surface area (Å²) < 4.78 is 0. The van der Waals surface area contributed by atoms with Crippen LogP contribution in [0.15, 0.2) is 35.2 Å². The third-order valence-electron chi connectivity index (χ3n) is 3.53. The van der Waals surface area contributed by atoms with Gasteiger partial charge in [-0.25, -0.2) is 0 Å². The standard InChI is InChI=1S/C15H22N2OS/c1-16-15(18)8-10-17-9-7-13(11-17)12-19-14-5-3-2-4-6-14/h2-6,13H,7-12H2,1H3,(H,16,18). The topological polar surface area (TPSA) is 32.3 Å². The number of thioether (sulfide) groups is 1. The molecule has 1 aliphatic heterocycles. The van der Waals surface area contributed by atoms with Crippen molar-refractivity contribution < 1.29 is 4.79 Å². The average Bonchev–Trinajstić information content (AvgIpc) is 2.91. The zero-order valence-electron chi connectivity index (χ0n) is 11.5. The molecule has 0 bridgehead atoms. The van der Waals surface area contributed by atoms with Crippen LogP contribution in [0.4, 0.5) is 0 Å². The Balaban J connectivity index is 1.66. The molecule has 1 amide bonds. The first-order chi connectivity index (χ1) is 9.28. The minimum Gasteiger partial charge on any atom is -0.359 e. The zero-order chi connectivity index (χ0) is 13.5. The molecule has 0 aromatic heterocycles. The Labute approximate surface area is 119 Å². The molecule has 3 nitrogen and oxygen atoms in total. The zero-order valence-corrected chi connectivity index (χ0v) is 12.3. The van der Waals surface area contributed by atoms with Crippen molar-refractivity contribution in [1.82, 2.24) is 10.2 Å². The summed E-state index contributed by atoms with van der Waals surface area (Å²) in [5.74, 6) is 2.08. The number of hydrogen-bond acceptors (Lipinski definition) is 3. The SMILES string of the molecule is CNC(=O)CCN1CCC(CSc2ccccc2)C1. The second-order valence-corrected chi connectivity index (χ2v) is 6.10. The van der Waals surface area contributed by atoms with Gasteiger partial charge in [0.2, 0.25) is 5.91 Å². The number of amides is 1. The lowest BCUT2D eigenvalue weighted by Gasteiger charge is -2.15. The van der Waals surface area contributed by atoms with Crippen LogP contribution in [0.1, 0.15) is 12.8 Å². The number of nitrogens with one attached hydrogen (secondary N) is 1. The molecule has 0 aliphatic carbocycles. The van der Waals surface area contributed by atoms with E-state index in [-0.39, 0.29) is 5.91 Å². The van der Waals surface area contributed by atoms with Gasteiger partial charge in [0.1, 0.15) is 0 Å². The van der Waals surface area contributed by atoms with E-state index in [0.29, 0.717) is 6.42 Å². The van der Waals surface area contributed by atoms with Crippen molar-refractivity contribution in [2.24, 2.45) is 5.92 Å². The van der Waals surface area contributed by atoms with Crippen LogP contribution in [0.25, 0.3) is 0 Å². The second-order valence-electron chi connectivity index (χ2n) is 5.00. The van der Waals surface area contributed by atoms with Gasteiger partial charge < -0.3 is 10.2 Å². The number of nitrogens with zero attached hydrogens (tertiary/aromatic N) is 1. The quantitative estimate of drug-likeness (QED) is 0.810. The number of benzene rings is 1. The van der Waals surface area contributed by atoms with Gasteiger partial charge in [0.15, 0.2) is 0 Å². The number of likely N-dealkylation sites (tertiary alicyclic amines) is 1. The number of hydrogen-bond donors (Lipinski definition) is 1. The van der Waals surface area contributed by atoms with Gasteiger partial charge in [-0.15, -0.1) is 11.8 Å². The van der Waals surface area contributed by atoms with Crippen LogP contribution in [0.2, 0.25) is 0 Å². The normalized spacial score (nSPS) is 19.5. The van der Waals surface area contributed by atoms with Gasteiger partial charge in [0, 0.05) is 37.2 Å². The number of carbonyl (C=O) groups excluding carboxylic acids is 1. The fourth-order valence-corrected chi connectivity index (χ4v) is 3.42. The first-order valence-corrected chi connectivity index (χ1v) is 7.87. The smallest absolute Gasteiger partial charge is 0.221 e. The van der Waals surface area contributed by atoms with E-state index in [1.54, 1.807) is 7.05 Å². The maximum atomic E-state index is 11.2. The molecule has 1 saturated heterocycles. The molecule has 1 fully saturated rings. The van der Waals surface area contributed by atoms with E-state index >= 15 is 0 Å². The highest BCUT2D eigenvalue weighted by molar-refractivity contribution is 7.99. The van der Waals surface area contributed by atoms with Crippen LogP contribution in [-0.2, 0) is 4.79 Å². The highest BCUT2D eigenvalue weighted by Crippen LogP contribution is 2.25. The van der Waals surface area contributed by atoms with Gasteiger partial charge in [0.05, 0.1) is 0 Å². The maximum absolute atomic E-state index is 11.2. The minimum atomic E-state index is 0.141. The van der Waals surface area contributed by atoms with Crippen molar-refractivity contribution in [3.8, 4) is 0 Å². The molecule has 1 heterocycles. The van der Waals surface area contributed by atoms with Crippen LogP contribution in [0.3, 0.4) is 0 Å². The predicted molar refractivity (Wildman–Crippen MR) is 80.4 cm³/mol. The van der Waals surface area contributed by atoms with Crippen LogP contribution < -0.4 is 5.32 Å². The summed E-state index contributed by atoms with van der Waals surface area (Å²) in [5, 5.41) is 2.68. The van der Waals surface area contributed by atoms with Gasteiger partial charge in [-0.1, -0.05) is 18.2 Å².